The number of unbranched alkanes of at least 4 members (excludes halogenated alkanes) is 1. The summed E-state index contributed by atoms with van der Waals surface area (Å²) >= 11 is 0. The van der Waals surface area contributed by atoms with Crippen LogP contribution in [0.2, 0.25) is 0 Å². The Bertz CT molecular complexity index is 819. The third-order valence-electron chi connectivity index (χ3n) is 5.08. The lowest BCUT2D eigenvalue weighted by Crippen LogP contribution is -2.36. The first kappa shape index (κ1) is 19.3. The molecule has 4 heteroatoms. The maximum Gasteiger partial charge on any atom is 0.254 e. The van der Waals surface area contributed by atoms with E-state index >= 15 is 0 Å². The van der Waals surface area contributed by atoms with Crippen molar-refractivity contribution in [1.82, 2.24) is 9.88 Å². The topological polar surface area (TPSA) is 53.4 Å². The Hall–Kier alpha value is -2.46. The summed E-state index contributed by atoms with van der Waals surface area (Å²) in [6.45, 7) is 6.35. The first-order valence-electron chi connectivity index (χ1n) is 9.66. The van der Waals surface area contributed by atoms with Crippen LogP contribution in [0, 0.1) is 0 Å². The van der Waals surface area contributed by atoms with Gasteiger partial charge < -0.3 is 10.0 Å². The summed E-state index contributed by atoms with van der Waals surface area (Å²) in [6.07, 6.45) is 11.0. The molecule has 0 unspecified atom stereocenters. The van der Waals surface area contributed by atoms with Crippen molar-refractivity contribution in [3.05, 3.63) is 66.0 Å². The number of rotatable bonds is 6. The van der Waals surface area contributed by atoms with Crippen LogP contribution in [0.3, 0.4) is 0 Å². The summed E-state index contributed by atoms with van der Waals surface area (Å²) in [5.74, 6) is 0.0796. The second kappa shape index (κ2) is 8.05. The lowest BCUT2D eigenvalue weighted by molar-refractivity contribution is 0.0742. The van der Waals surface area contributed by atoms with Crippen LogP contribution >= 0.6 is 0 Å². The first-order valence-corrected chi connectivity index (χ1v) is 9.66. The standard InChI is InChI=1S/C23H28N2O2/c1-4-5-7-21-8-6-13-25(21)22(26)18-11-9-17(10-12-18)19-14-20(16-24-15-19)23(2,3)27/h6,8-12,14-16,21,27H,4-5,7,13H2,1-3H3/t21-/m1/s1. The molecule has 1 aliphatic rings. The van der Waals surface area contributed by atoms with Crippen molar-refractivity contribution in [1.29, 1.82) is 0 Å². The van der Waals surface area contributed by atoms with Crippen LogP contribution in [0.5, 0.6) is 0 Å². The van der Waals surface area contributed by atoms with Crippen molar-refractivity contribution in [2.45, 2.75) is 51.7 Å². The normalized spacial score (nSPS) is 16.7. The molecule has 0 fully saturated rings. The molecule has 0 spiro atoms. The SMILES string of the molecule is CCCC[C@@H]1C=CCN1C(=O)c1ccc(-c2cncc(C(C)(C)O)c2)cc1. The van der Waals surface area contributed by atoms with Gasteiger partial charge in [0.2, 0.25) is 0 Å². The quantitative estimate of drug-likeness (QED) is 0.765. The van der Waals surface area contributed by atoms with Crippen molar-refractivity contribution in [2.75, 3.05) is 6.54 Å². The average molecular weight is 364 g/mol. The highest BCUT2D eigenvalue weighted by Gasteiger charge is 2.25. The number of carbonyl (C=O) groups is 1. The summed E-state index contributed by atoms with van der Waals surface area (Å²) in [5.41, 5.74) is 2.44. The largest absolute Gasteiger partial charge is 0.386 e. The molecule has 3 rings (SSSR count). The molecule has 1 aromatic heterocycles. The molecule has 0 bridgehead atoms. The monoisotopic (exact) mass is 364 g/mol. The molecule has 1 atom stereocenters. The summed E-state index contributed by atoms with van der Waals surface area (Å²) < 4.78 is 0. The minimum absolute atomic E-state index is 0.0796. The average Bonchev–Trinajstić information content (AvgIpc) is 3.14. The Kier molecular flexibility index (Phi) is 5.76. The number of aromatic nitrogens is 1. The second-order valence-corrected chi connectivity index (χ2v) is 7.69. The fourth-order valence-electron chi connectivity index (χ4n) is 3.37. The molecule has 0 saturated carbocycles. The minimum Gasteiger partial charge on any atom is -0.386 e. The van der Waals surface area contributed by atoms with Crippen LogP contribution < -0.4 is 0 Å². The van der Waals surface area contributed by atoms with E-state index < -0.39 is 5.60 Å². The highest BCUT2D eigenvalue weighted by Crippen LogP contribution is 2.26. The highest BCUT2D eigenvalue weighted by molar-refractivity contribution is 5.95. The zero-order valence-corrected chi connectivity index (χ0v) is 16.4. The smallest absolute Gasteiger partial charge is 0.254 e. The maximum atomic E-state index is 12.9. The van der Waals surface area contributed by atoms with E-state index in [1.165, 1.54) is 0 Å². The number of pyridine rings is 1. The van der Waals surface area contributed by atoms with Crippen LogP contribution in [0.25, 0.3) is 11.1 Å². The Morgan fingerprint density at radius 3 is 2.63 bits per heavy atom. The molecule has 1 amide bonds. The Morgan fingerprint density at radius 1 is 1.22 bits per heavy atom. The molecule has 4 nitrogen and oxygen atoms in total. The summed E-state index contributed by atoms with van der Waals surface area (Å²) in [7, 11) is 0. The molecule has 27 heavy (non-hydrogen) atoms. The van der Waals surface area contributed by atoms with Gasteiger partial charge in [-0.25, -0.2) is 0 Å². The predicted molar refractivity (Wildman–Crippen MR) is 108 cm³/mol. The number of benzene rings is 1. The molecule has 0 aliphatic carbocycles. The van der Waals surface area contributed by atoms with Gasteiger partial charge in [0.05, 0.1) is 11.6 Å². The van der Waals surface area contributed by atoms with E-state index in [1.54, 1.807) is 26.2 Å². The molecule has 142 valence electrons. The van der Waals surface area contributed by atoms with Gasteiger partial charge in [-0.3, -0.25) is 9.78 Å². The second-order valence-electron chi connectivity index (χ2n) is 7.69. The van der Waals surface area contributed by atoms with Gasteiger partial charge in [-0.05, 0) is 44.0 Å². The van der Waals surface area contributed by atoms with Crippen LogP contribution in [0.15, 0.2) is 54.9 Å². The van der Waals surface area contributed by atoms with Gasteiger partial charge in [0.1, 0.15) is 0 Å². The number of aliphatic hydroxyl groups is 1. The zero-order chi connectivity index (χ0) is 19.4. The minimum atomic E-state index is -0.935. The number of amides is 1. The zero-order valence-electron chi connectivity index (χ0n) is 16.4. The molecular formula is C23H28N2O2. The van der Waals surface area contributed by atoms with Gasteiger partial charge in [-0.2, -0.15) is 0 Å². The number of hydrogen-bond donors (Lipinski definition) is 1. The third-order valence-corrected chi connectivity index (χ3v) is 5.08. The summed E-state index contributed by atoms with van der Waals surface area (Å²) in [6, 6.07) is 9.80. The van der Waals surface area contributed by atoms with Crippen molar-refractivity contribution in [3.8, 4) is 11.1 Å². The van der Waals surface area contributed by atoms with Crippen molar-refractivity contribution < 1.29 is 9.90 Å². The van der Waals surface area contributed by atoms with E-state index in [0.29, 0.717) is 12.1 Å². The predicted octanol–water partition coefficient (Wildman–Crippen LogP) is 4.55. The Balaban J connectivity index is 1.77. The van der Waals surface area contributed by atoms with Crippen LogP contribution in [-0.2, 0) is 5.60 Å². The van der Waals surface area contributed by atoms with Crippen molar-refractivity contribution in [2.24, 2.45) is 0 Å². The van der Waals surface area contributed by atoms with Gasteiger partial charge >= 0.3 is 0 Å². The Labute approximate surface area is 161 Å². The fraction of sp³-hybridized carbons (Fsp3) is 0.391. The summed E-state index contributed by atoms with van der Waals surface area (Å²) in [5, 5.41) is 10.2. The lowest BCUT2D eigenvalue weighted by Gasteiger charge is -2.24. The van der Waals surface area contributed by atoms with E-state index in [9.17, 15) is 9.90 Å². The number of nitrogens with zero attached hydrogens (tertiary/aromatic N) is 2. The van der Waals surface area contributed by atoms with Crippen LogP contribution in [0.4, 0.5) is 0 Å². The molecular weight excluding hydrogens is 336 g/mol. The van der Waals surface area contributed by atoms with Crippen LogP contribution in [-0.4, -0.2) is 33.5 Å². The van der Waals surface area contributed by atoms with Gasteiger partial charge in [-0.1, -0.05) is 44.1 Å². The third kappa shape index (κ3) is 4.45. The molecule has 1 N–H and O–H groups in total. The molecule has 1 aliphatic heterocycles. The lowest BCUT2D eigenvalue weighted by atomic mass is 9.96. The highest BCUT2D eigenvalue weighted by atomic mass is 16.3. The van der Waals surface area contributed by atoms with Gasteiger partial charge in [-0.15, -0.1) is 0 Å². The number of hydrogen-bond acceptors (Lipinski definition) is 3. The van der Waals surface area contributed by atoms with Crippen LogP contribution in [0.1, 0.15) is 56.0 Å². The van der Waals surface area contributed by atoms with Gasteiger partial charge in [0, 0.05) is 35.6 Å². The van der Waals surface area contributed by atoms with Crippen molar-refractivity contribution in [3.63, 3.8) is 0 Å². The molecule has 0 saturated heterocycles. The molecule has 1 aromatic carbocycles. The summed E-state index contributed by atoms with van der Waals surface area (Å²) in [4.78, 5) is 19.1. The van der Waals surface area contributed by atoms with E-state index in [0.717, 1.165) is 36.0 Å². The van der Waals surface area contributed by atoms with Gasteiger partial charge in [0.15, 0.2) is 0 Å². The van der Waals surface area contributed by atoms with E-state index in [4.69, 9.17) is 0 Å². The van der Waals surface area contributed by atoms with Gasteiger partial charge in [0.25, 0.3) is 5.91 Å². The molecule has 2 heterocycles. The van der Waals surface area contributed by atoms with E-state index in [1.807, 2.05) is 35.2 Å². The first-order chi connectivity index (χ1) is 12.9. The molecule has 2 aromatic rings. The Morgan fingerprint density at radius 2 is 1.96 bits per heavy atom. The molecule has 0 radical (unpaired) electrons. The maximum absolute atomic E-state index is 12.9. The van der Waals surface area contributed by atoms with E-state index in [-0.39, 0.29) is 11.9 Å². The number of carbonyl (C=O) groups excluding carboxylic acids is 1. The fourth-order valence-corrected chi connectivity index (χ4v) is 3.37. The van der Waals surface area contributed by atoms with Crippen molar-refractivity contribution >= 4 is 5.91 Å². The van der Waals surface area contributed by atoms with E-state index in [2.05, 4.69) is 24.1 Å².